The Morgan fingerprint density at radius 3 is 1.73 bits per heavy atom. The summed E-state index contributed by atoms with van der Waals surface area (Å²) in [5.41, 5.74) is 1.93. The highest BCUT2D eigenvalue weighted by atomic mass is 32.2. The van der Waals surface area contributed by atoms with Crippen molar-refractivity contribution in [3.8, 4) is 0 Å². The first-order valence-electron chi connectivity index (χ1n) is 7.14. The summed E-state index contributed by atoms with van der Waals surface area (Å²) in [7, 11) is -6.00. The molecule has 0 bridgehead atoms. The van der Waals surface area contributed by atoms with Crippen LogP contribution in [0.25, 0.3) is 0 Å². The third kappa shape index (κ3) is 9.67. The minimum absolute atomic E-state index is 0.233. The molecule has 0 radical (unpaired) electrons. The van der Waals surface area contributed by atoms with Crippen molar-refractivity contribution in [2.45, 2.75) is 63.5 Å². The zero-order valence-corrected chi connectivity index (χ0v) is 15.9. The molecule has 0 atom stereocenters. The predicted molar refractivity (Wildman–Crippen MR) is 92.7 cm³/mol. The normalized spacial score (nSPS) is 12.7. The van der Waals surface area contributed by atoms with Crippen LogP contribution in [-0.2, 0) is 10.8 Å². The molecular weight excluding hydrogens is 331 g/mol. The van der Waals surface area contributed by atoms with Gasteiger partial charge in [0.05, 0.1) is 0 Å². The van der Waals surface area contributed by atoms with Crippen LogP contribution in [-0.4, -0.2) is 13.0 Å². The summed E-state index contributed by atoms with van der Waals surface area (Å²) in [5, 5.41) is 0. The van der Waals surface area contributed by atoms with Crippen LogP contribution in [0.1, 0.15) is 58.9 Å². The first kappa shape index (κ1) is 21.7. The van der Waals surface area contributed by atoms with Crippen molar-refractivity contribution in [1.29, 1.82) is 0 Å². The summed E-state index contributed by atoms with van der Waals surface area (Å²) < 4.78 is 40.4. The molecule has 0 aliphatic rings. The minimum atomic E-state index is -6.00. The lowest BCUT2D eigenvalue weighted by Crippen LogP contribution is -2.15. The molecule has 128 valence electrons. The van der Waals surface area contributed by atoms with E-state index in [4.69, 9.17) is 0 Å². The first-order chi connectivity index (χ1) is 9.64. The summed E-state index contributed by atoms with van der Waals surface area (Å²) in [4.78, 5) is 1.49. The fourth-order valence-corrected chi connectivity index (χ4v) is 3.74. The third-order valence-electron chi connectivity index (χ3n) is 2.66. The first-order valence-corrected chi connectivity index (χ1v) is 8.94. The van der Waals surface area contributed by atoms with Crippen LogP contribution >= 0.6 is 23.1 Å². The molecule has 22 heavy (non-hydrogen) atoms. The molecule has 0 fully saturated rings. The van der Waals surface area contributed by atoms with Crippen LogP contribution in [0.15, 0.2) is 16.3 Å². The molecule has 1 aromatic rings. The predicted octanol–water partition coefficient (Wildman–Crippen LogP) is 7.04. The molecule has 0 aromatic carbocycles. The van der Waals surface area contributed by atoms with Gasteiger partial charge in [0.15, 0.2) is 0 Å². The van der Waals surface area contributed by atoms with Crippen molar-refractivity contribution in [1.82, 2.24) is 0 Å². The SMILES string of the molecule is CCSc1cc(C(C)(C)C)cc(C(C)(C)C)[s+]1.F[B-](F)(F)F. The van der Waals surface area contributed by atoms with Gasteiger partial charge in [-0.15, -0.1) is 0 Å². The summed E-state index contributed by atoms with van der Waals surface area (Å²) in [6.45, 7) is 16.0. The molecule has 0 amide bonds. The number of hydrogen-bond acceptors (Lipinski definition) is 1. The van der Waals surface area contributed by atoms with Crippen LogP contribution < -0.4 is 0 Å². The van der Waals surface area contributed by atoms with Gasteiger partial charge < -0.3 is 17.3 Å². The Kier molecular flexibility index (Phi) is 7.89. The average molecular weight is 356 g/mol. The van der Waals surface area contributed by atoms with Crippen LogP contribution in [0, 0.1) is 0 Å². The van der Waals surface area contributed by atoms with Crippen molar-refractivity contribution in [2.24, 2.45) is 0 Å². The fraction of sp³-hybridized carbons (Fsp3) is 0.667. The van der Waals surface area contributed by atoms with Gasteiger partial charge in [-0.05, 0) is 16.7 Å². The van der Waals surface area contributed by atoms with E-state index < -0.39 is 7.25 Å². The van der Waals surface area contributed by atoms with Gasteiger partial charge in [0, 0.05) is 17.5 Å². The van der Waals surface area contributed by atoms with E-state index in [0.29, 0.717) is 0 Å². The topological polar surface area (TPSA) is 0 Å². The van der Waals surface area contributed by atoms with Gasteiger partial charge in [0.2, 0.25) is 16.2 Å². The van der Waals surface area contributed by atoms with E-state index in [2.05, 4.69) is 60.6 Å². The Bertz CT molecular complexity index is 436. The van der Waals surface area contributed by atoms with Crippen molar-refractivity contribution in [3.63, 3.8) is 0 Å². The number of rotatable bonds is 2. The standard InChI is InChI=1S/C15H25S2.BF4/c1-8-16-13-10-11(14(2,3)4)9-12(17-13)15(5,6)7;2-1(3,4)5/h9-10H,8H2,1-7H3;/q+1;-1. The van der Waals surface area contributed by atoms with Crippen LogP contribution in [0.3, 0.4) is 0 Å². The molecule has 1 heterocycles. The van der Waals surface area contributed by atoms with Gasteiger partial charge >= 0.3 is 7.25 Å². The van der Waals surface area contributed by atoms with E-state index in [9.17, 15) is 17.3 Å². The second-order valence-corrected chi connectivity index (χ2v) is 9.61. The van der Waals surface area contributed by atoms with E-state index in [1.165, 1.54) is 14.6 Å². The minimum Gasteiger partial charge on any atom is -0.418 e. The van der Waals surface area contributed by atoms with Crippen LogP contribution in [0.4, 0.5) is 17.3 Å². The monoisotopic (exact) mass is 356 g/mol. The van der Waals surface area contributed by atoms with Crippen molar-refractivity contribution in [2.75, 3.05) is 5.75 Å². The second-order valence-electron chi connectivity index (χ2n) is 6.96. The van der Waals surface area contributed by atoms with Gasteiger partial charge in [-0.25, -0.2) is 0 Å². The zero-order chi connectivity index (χ0) is 17.8. The molecule has 0 aliphatic heterocycles. The van der Waals surface area contributed by atoms with Gasteiger partial charge in [-0.2, -0.15) is 0 Å². The highest BCUT2D eigenvalue weighted by Crippen LogP contribution is 2.37. The van der Waals surface area contributed by atoms with Gasteiger partial charge in [0.1, 0.15) is 0 Å². The Labute approximate surface area is 139 Å². The zero-order valence-electron chi connectivity index (χ0n) is 14.3. The van der Waals surface area contributed by atoms with Crippen molar-refractivity contribution >= 4 is 30.4 Å². The van der Waals surface area contributed by atoms with E-state index >= 15 is 0 Å². The average Bonchev–Trinajstić information content (AvgIpc) is 2.24. The van der Waals surface area contributed by atoms with Crippen LogP contribution in [0.2, 0.25) is 0 Å². The third-order valence-corrected chi connectivity index (χ3v) is 5.23. The maximum Gasteiger partial charge on any atom is 0.673 e. The molecule has 1 aromatic heterocycles. The largest absolute Gasteiger partial charge is 0.673 e. The molecule has 0 nitrogen and oxygen atoms in total. The Morgan fingerprint density at radius 2 is 1.41 bits per heavy atom. The van der Waals surface area contributed by atoms with E-state index in [-0.39, 0.29) is 10.8 Å². The van der Waals surface area contributed by atoms with E-state index in [1.807, 2.05) is 23.1 Å². The Balaban J connectivity index is 0.000000763. The van der Waals surface area contributed by atoms with E-state index in [1.54, 1.807) is 0 Å². The number of thioether (sulfide) groups is 1. The molecule has 0 saturated heterocycles. The van der Waals surface area contributed by atoms with Gasteiger partial charge in [-0.3, -0.25) is 0 Å². The summed E-state index contributed by atoms with van der Waals surface area (Å²) in [5.74, 6) is 1.15. The fourth-order valence-electron chi connectivity index (χ4n) is 1.49. The molecule has 0 N–H and O–H groups in total. The van der Waals surface area contributed by atoms with E-state index in [0.717, 1.165) is 5.75 Å². The smallest absolute Gasteiger partial charge is 0.418 e. The van der Waals surface area contributed by atoms with Crippen molar-refractivity contribution < 1.29 is 17.3 Å². The molecule has 0 unspecified atom stereocenters. The maximum absolute atomic E-state index is 9.75. The van der Waals surface area contributed by atoms with Crippen LogP contribution in [0.5, 0.6) is 0 Å². The van der Waals surface area contributed by atoms with Gasteiger partial charge in [0.25, 0.3) is 4.21 Å². The molecule has 7 heteroatoms. The molecule has 1 rings (SSSR count). The molecule has 0 aliphatic carbocycles. The second kappa shape index (κ2) is 8.00. The lowest BCUT2D eigenvalue weighted by Gasteiger charge is -2.20. The molecule has 0 spiro atoms. The Morgan fingerprint density at radius 1 is 0.955 bits per heavy atom. The molecule has 0 saturated carbocycles. The lowest BCUT2D eigenvalue weighted by molar-refractivity contribution is 0.368. The summed E-state index contributed by atoms with van der Waals surface area (Å²) in [6.07, 6.45) is 0. The molecular formula is C15H25BF4S2. The highest BCUT2D eigenvalue weighted by Gasteiger charge is 2.29. The number of hydrogen-bond donors (Lipinski definition) is 0. The summed E-state index contributed by atoms with van der Waals surface area (Å²) in [6, 6.07) is 4.76. The lowest BCUT2D eigenvalue weighted by atomic mass is 9.85. The Hall–Kier alpha value is -0.295. The number of halogens is 4. The highest BCUT2D eigenvalue weighted by molar-refractivity contribution is 8.01. The van der Waals surface area contributed by atoms with Gasteiger partial charge in [-0.1, -0.05) is 60.2 Å². The maximum atomic E-state index is 9.75. The quantitative estimate of drug-likeness (QED) is 0.237. The summed E-state index contributed by atoms with van der Waals surface area (Å²) >= 11 is 3.90. The van der Waals surface area contributed by atoms with Crippen molar-refractivity contribution in [3.05, 3.63) is 22.6 Å².